The first kappa shape index (κ1) is 16.0. The number of pyridine rings is 1. The van der Waals surface area contributed by atoms with E-state index < -0.39 is 29.2 Å². The number of hydrogen-bond acceptors (Lipinski definition) is 4. The highest BCUT2D eigenvalue weighted by Gasteiger charge is 2.30. The molecule has 0 bridgehead atoms. The van der Waals surface area contributed by atoms with Gasteiger partial charge in [0.25, 0.3) is 0 Å². The molecule has 0 aliphatic heterocycles. The molecule has 0 atom stereocenters. The fourth-order valence-electron chi connectivity index (χ4n) is 1.16. The third kappa shape index (κ3) is 4.22. The molecule has 1 heterocycles. The van der Waals surface area contributed by atoms with Gasteiger partial charge in [-0.2, -0.15) is 13.2 Å². The first-order chi connectivity index (χ1) is 8.54. The van der Waals surface area contributed by atoms with Crippen LogP contribution in [-0.4, -0.2) is 37.5 Å². The lowest BCUT2D eigenvalue weighted by molar-refractivity contribution is -0.135. The number of rotatable bonds is 4. The maximum atomic E-state index is 12.1. The summed E-state index contributed by atoms with van der Waals surface area (Å²) in [5.74, 6) is -0.0569. The van der Waals surface area contributed by atoms with Crippen molar-refractivity contribution in [3.63, 3.8) is 0 Å². The number of aromatic nitrogens is 1. The number of nitrogen functional groups attached to an aromatic ring is 1. The molecule has 0 aliphatic rings. The van der Waals surface area contributed by atoms with Crippen molar-refractivity contribution < 1.29 is 21.6 Å². The Hall–Kier alpha value is -1.06. The molecule has 0 aromatic carbocycles. The Bertz CT molecular complexity index is 562. The van der Waals surface area contributed by atoms with Gasteiger partial charge in [0.2, 0.25) is 10.0 Å². The second kappa shape index (κ2) is 5.51. The Morgan fingerprint density at radius 2 is 2.05 bits per heavy atom. The molecular weight excluding hydrogens is 307 g/mol. The van der Waals surface area contributed by atoms with E-state index in [4.69, 9.17) is 17.3 Å². The standard InChI is InChI=1S/C9H11ClF3N3O2S/c1-16(3-2-9(11,12)13)19(17,18)6-4-7(10)8(14)15-5-6/h4-5H,2-3H2,1H3,(H2,14,15). The van der Waals surface area contributed by atoms with Gasteiger partial charge in [-0.1, -0.05) is 11.6 Å². The highest BCUT2D eigenvalue weighted by molar-refractivity contribution is 7.89. The minimum Gasteiger partial charge on any atom is -0.382 e. The molecular formula is C9H11ClF3N3O2S. The van der Waals surface area contributed by atoms with Crippen LogP contribution >= 0.6 is 11.6 Å². The van der Waals surface area contributed by atoms with Crippen LogP contribution in [0.1, 0.15) is 6.42 Å². The van der Waals surface area contributed by atoms with Crippen molar-refractivity contribution in [1.82, 2.24) is 9.29 Å². The number of anilines is 1. The predicted octanol–water partition coefficient (Wildman–Crippen LogP) is 1.89. The van der Waals surface area contributed by atoms with Crippen molar-refractivity contribution in [2.75, 3.05) is 19.3 Å². The Kier molecular flexibility index (Phi) is 4.64. The number of alkyl halides is 3. The zero-order chi connectivity index (χ0) is 14.8. The molecule has 0 saturated carbocycles. The Labute approximate surface area is 113 Å². The van der Waals surface area contributed by atoms with Crippen LogP contribution in [-0.2, 0) is 10.0 Å². The van der Waals surface area contributed by atoms with Gasteiger partial charge in [0.1, 0.15) is 10.7 Å². The zero-order valence-corrected chi connectivity index (χ0v) is 11.3. The van der Waals surface area contributed by atoms with Crippen LogP contribution in [0.4, 0.5) is 19.0 Å². The van der Waals surface area contributed by atoms with E-state index in [1.54, 1.807) is 0 Å². The summed E-state index contributed by atoms with van der Waals surface area (Å²) in [4.78, 5) is 3.25. The van der Waals surface area contributed by atoms with Gasteiger partial charge >= 0.3 is 6.18 Å². The maximum absolute atomic E-state index is 12.1. The van der Waals surface area contributed by atoms with Crippen molar-refractivity contribution in [2.45, 2.75) is 17.5 Å². The molecule has 0 amide bonds. The van der Waals surface area contributed by atoms with Gasteiger partial charge in [-0.25, -0.2) is 17.7 Å². The summed E-state index contributed by atoms with van der Waals surface area (Å²) < 4.78 is 60.6. The summed E-state index contributed by atoms with van der Waals surface area (Å²) in [6, 6.07) is 1.04. The summed E-state index contributed by atoms with van der Waals surface area (Å²) in [6.45, 7) is -0.687. The fourth-order valence-corrected chi connectivity index (χ4v) is 2.53. The summed E-state index contributed by atoms with van der Waals surface area (Å²) >= 11 is 5.62. The largest absolute Gasteiger partial charge is 0.390 e. The molecule has 2 N–H and O–H groups in total. The molecule has 108 valence electrons. The monoisotopic (exact) mass is 317 g/mol. The van der Waals surface area contributed by atoms with Crippen LogP contribution in [0.3, 0.4) is 0 Å². The lowest BCUT2D eigenvalue weighted by Gasteiger charge is -2.18. The lowest BCUT2D eigenvalue weighted by atomic mass is 10.4. The molecule has 0 fully saturated rings. The minimum atomic E-state index is -4.43. The molecule has 0 spiro atoms. The van der Waals surface area contributed by atoms with Crippen molar-refractivity contribution >= 4 is 27.4 Å². The molecule has 0 unspecified atom stereocenters. The quantitative estimate of drug-likeness (QED) is 0.920. The molecule has 19 heavy (non-hydrogen) atoms. The molecule has 10 heteroatoms. The van der Waals surface area contributed by atoms with Crippen LogP contribution in [0.25, 0.3) is 0 Å². The number of nitrogens with zero attached hydrogens (tertiary/aromatic N) is 2. The fraction of sp³-hybridized carbons (Fsp3) is 0.444. The van der Waals surface area contributed by atoms with Crippen LogP contribution in [0, 0.1) is 0 Å². The second-order valence-corrected chi connectivity index (χ2v) is 6.18. The number of hydrogen-bond donors (Lipinski definition) is 1. The lowest BCUT2D eigenvalue weighted by Crippen LogP contribution is -2.30. The third-order valence-electron chi connectivity index (χ3n) is 2.26. The first-order valence-electron chi connectivity index (χ1n) is 4.98. The third-order valence-corrected chi connectivity index (χ3v) is 4.39. The highest BCUT2D eigenvalue weighted by atomic mass is 35.5. The topological polar surface area (TPSA) is 76.3 Å². The molecule has 1 aromatic rings. The summed E-state index contributed by atoms with van der Waals surface area (Å²) in [7, 11) is -3.02. The first-order valence-corrected chi connectivity index (χ1v) is 6.80. The predicted molar refractivity (Wildman–Crippen MR) is 64.1 cm³/mol. The number of sulfonamides is 1. The smallest absolute Gasteiger partial charge is 0.382 e. The van der Waals surface area contributed by atoms with Gasteiger partial charge < -0.3 is 5.73 Å². The van der Waals surface area contributed by atoms with Crippen LogP contribution in [0.5, 0.6) is 0 Å². The summed E-state index contributed by atoms with van der Waals surface area (Å²) in [5, 5.41) is -0.0784. The van der Waals surface area contributed by atoms with E-state index in [2.05, 4.69) is 4.98 Å². The summed E-state index contributed by atoms with van der Waals surface area (Å²) in [6.07, 6.45) is -4.72. The van der Waals surface area contributed by atoms with E-state index in [0.29, 0.717) is 4.31 Å². The molecule has 0 radical (unpaired) electrons. The highest BCUT2D eigenvalue weighted by Crippen LogP contribution is 2.24. The van der Waals surface area contributed by atoms with E-state index >= 15 is 0 Å². The van der Waals surface area contributed by atoms with Gasteiger partial charge in [0.05, 0.1) is 11.4 Å². The Balaban J connectivity index is 2.94. The molecule has 0 saturated heterocycles. The average Bonchev–Trinajstić information content (AvgIpc) is 2.28. The molecule has 0 aliphatic carbocycles. The summed E-state index contributed by atoms with van der Waals surface area (Å²) in [5.41, 5.74) is 5.32. The van der Waals surface area contributed by atoms with Gasteiger partial charge in [0, 0.05) is 19.8 Å². The van der Waals surface area contributed by atoms with E-state index in [9.17, 15) is 21.6 Å². The van der Waals surface area contributed by atoms with Crippen molar-refractivity contribution in [2.24, 2.45) is 0 Å². The van der Waals surface area contributed by atoms with E-state index in [0.717, 1.165) is 19.3 Å². The van der Waals surface area contributed by atoms with E-state index in [1.807, 2.05) is 0 Å². The second-order valence-electron chi connectivity index (χ2n) is 3.73. The average molecular weight is 318 g/mol. The van der Waals surface area contributed by atoms with E-state index in [-0.39, 0.29) is 15.7 Å². The molecule has 1 rings (SSSR count). The van der Waals surface area contributed by atoms with Crippen LogP contribution < -0.4 is 5.73 Å². The van der Waals surface area contributed by atoms with Gasteiger partial charge in [-0.15, -0.1) is 0 Å². The number of halogens is 4. The SMILES string of the molecule is CN(CCC(F)(F)F)S(=O)(=O)c1cnc(N)c(Cl)c1. The zero-order valence-electron chi connectivity index (χ0n) is 9.78. The van der Waals surface area contributed by atoms with Gasteiger partial charge in [0.15, 0.2) is 0 Å². The van der Waals surface area contributed by atoms with Crippen molar-refractivity contribution in [3.8, 4) is 0 Å². The van der Waals surface area contributed by atoms with Gasteiger partial charge in [-0.3, -0.25) is 0 Å². The van der Waals surface area contributed by atoms with E-state index in [1.165, 1.54) is 0 Å². The Morgan fingerprint density at radius 3 is 2.53 bits per heavy atom. The van der Waals surface area contributed by atoms with Gasteiger partial charge in [-0.05, 0) is 6.07 Å². The van der Waals surface area contributed by atoms with Crippen molar-refractivity contribution in [1.29, 1.82) is 0 Å². The number of nitrogens with two attached hydrogens (primary N) is 1. The van der Waals surface area contributed by atoms with Crippen molar-refractivity contribution in [3.05, 3.63) is 17.3 Å². The van der Waals surface area contributed by atoms with Crippen LogP contribution in [0.2, 0.25) is 5.02 Å². The maximum Gasteiger partial charge on any atom is 0.390 e. The minimum absolute atomic E-state index is 0.0569. The molecule has 5 nitrogen and oxygen atoms in total. The normalized spacial score (nSPS) is 12.9. The Morgan fingerprint density at radius 1 is 1.47 bits per heavy atom. The molecule has 1 aromatic heterocycles. The van der Waals surface area contributed by atoms with Crippen LogP contribution in [0.15, 0.2) is 17.2 Å².